The molecule has 3 rings (SSSR count). The number of hydrogen-bond donors (Lipinski definition) is 2. The first-order chi connectivity index (χ1) is 10.2. The molecule has 0 unspecified atom stereocenters. The van der Waals surface area contributed by atoms with Crippen molar-refractivity contribution in [3.63, 3.8) is 0 Å². The van der Waals surface area contributed by atoms with E-state index in [-0.39, 0.29) is 11.6 Å². The highest BCUT2D eigenvalue weighted by Crippen LogP contribution is 2.21. The fourth-order valence-electron chi connectivity index (χ4n) is 2.00. The van der Waals surface area contributed by atoms with Gasteiger partial charge in [0.15, 0.2) is 17.2 Å². The van der Waals surface area contributed by atoms with Gasteiger partial charge in [0.2, 0.25) is 0 Å². The van der Waals surface area contributed by atoms with Gasteiger partial charge in [0.25, 0.3) is 5.91 Å². The number of nitrogens with one attached hydrogen (secondary N) is 1. The number of amides is 1. The van der Waals surface area contributed by atoms with Gasteiger partial charge in [-0.25, -0.2) is 9.97 Å². The van der Waals surface area contributed by atoms with Crippen LogP contribution in [0.3, 0.4) is 0 Å². The Bertz CT molecular complexity index is 810. The van der Waals surface area contributed by atoms with Crippen molar-refractivity contribution in [2.45, 2.75) is 13.3 Å². The molecule has 0 aliphatic heterocycles. The number of rotatable bonds is 3. The zero-order valence-corrected chi connectivity index (χ0v) is 11.5. The monoisotopic (exact) mass is 282 g/mol. The van der Waals surface area contributed by atoms with Crippen molar-refractivity contribution in [1.29, 1.82) is 0 Å². The topological polar surface area (TPSA) is 94.0 Å². The number of nitrogens with zero attached hydrogens (tertiary/aromatic N) is 2. The first-order valence-corrected chi connectivity index (χ1v) is 6.58. The molecule has 3 aromatic rings. The third-order valence-electron chi connectivity index (χ3n) is 3.05. The molecule has 1 aromatic carbocycles. The van der Waals surface area contributed by atoms with Crippen molar-refractivity contribution in [2.75, 3.05) is 11.1 Å². The number of aryl methyl sites for hydroxylation is 1. The summed E-state index contributed by atoms with van der Waals surface area (Å²) in [5.41, 5.74) is 8.30. The van der Waals surface area contributed by atoms with E-state index < -0.39 is 0 Å². The summed E-state index contributed by atoms with van der Waals surface area (Å²) < 4.78 is 5.52. The molecule has 2 aromatic heterocycles. The molecule has 0 saturated carbocycles. The van der Waals surface area contributed by atoms with Crippen molar-refractivity contribution in [2.24, 2.45) is 0 Å². The van der Waals surface area contributed by atoms with E-state index >= 15 is 0 Å². The number of hydrogen-bond acceptors (Lipinski definition) is 5. The van der Waals surface area contributed by atoms with E-state index in [2.05, 4.69) is 15.3 Å². The zero-order valence-electron chi connectivity index (χ0n) is 11.5. The second-order valence-corrected chi connectivity index (χ2v) is 4.54. The number of benzene rings is 1. The van der Waals surface area contributed by atoms with E-state index in [1.807, 2.05) is 6.92 Å². The van der Waals surface area contributed by atoms with Gasteiger partial charge < -0.3 is 15.5 Å². The maximum absolute atomic E-state index is 12.1. The van der Waals surface area contributed by atoms with Gasteiger partial charge in [-0.1, -0.05) is 6.92 Å². The van der Waals surface area contributed by atoms with Gasteiger partial charge in [-0.3, -0.25) is 4.79 Å². The lowest BCUT2D eigenvalue weighted by Gasteiger charge is -2.06. The molecule has 0 bridgehead atoms. The predicted molar refractivity (Wildman–Crippen MR) is 80.0 cm³/mol. The van der Waals surface area contributed by atoms with Crippen LogP contribution < -0.4 is 11.1 Å². The highest BCUT2D eigenvalue weighted by atomic mass is 16.3. The fourth-order valence-corrected chi connectivity index (χ4v) is 2.00. The van der Waals surface area contributed by atoms with Crippen LogP contribution in [0.1, 0.15) is 23.3 Å². The number of carbonyl (C=O) groups excluding carboxylic acids is 1. The third-order valence-corrected chi connectivity index (χ3v) is 3.05. The SMILES string of the molecule is CCc1nc2cc(NC(=O)c3ncccc3N)ccc2o1. The molecule has 0 fully saturated rings. The largest absolute Gasteiger partial charge is 0.441 e. The van der Waals surface area contributed by atoms with Gasteiger partial charge in [-0.05, 0) is 30.3 Å². The Balaban J connectivity index is 1.87. The molecule has 3 N–H and O–H groups in total. The first-order valence-electron chi connectivity index (χ1n) is 6.58. The van der Waals surface area contributed by atoms with Crippen LogP contribution in [0.25, 0.3) is 11.1 Å². The average molecular weight is 282 g/mol. The molecule has 2 heterocycles. The summed E-state index contributed by atoms with van der Waals surface area (Å²) in [6.07, 6.45) is 2.25. The van der Waals surface area contributed by atoms with Crippen LogP contribution in [0, 0.1) is 0 Å². The Morgan fingerprint density at radius 1 is 1.38 bits per heavy atom. The van der Waals surface area contributed by atoms with Crippen molar-refractivity contribution in [3.05, 3.63) is 48.1 Å². The minimum atomic E-state index is -0.355. The van der Waals surface area contributed by atoms with Crippen molar-refractivity contribution >= 4 is 28.4 Å². The highest BCUT2D eigenvalue weighted by Gasteiger charge is 2.12. The molecule has 1 amide bonds. The van der Waals surface area contributed by atoms with E-state index in [0.29, 0.717) is 28.4 Å². The molecule has 0 radical (unpaired) electrons. The molecule has 0 aliphatic carbocycles. The number of nitrogen functional groups attached to an aromatic ring is 1. The average Bonchev–Trinajstić information content (AvgIpc) is 2.90. The van der Waals surface area contributed by atoms with Gasteiger partial charge in [-0.15, -0.1) is 0 Å². The third kappa shape index (κ3) is 2.55. The van der Waals surface area contributed by atoms with Crippen LogP contribution in [0.2, 0.25) is 0 Å². The maximum Gasteiger partial charge on any atom is 0.276 e. The molecule has 0 spiro atoms. The minimum Gasteiger partial charge on any atom is -0.441 e. The second-order valence-electron chi connectivity index (χ2n) is 4.54. The van der Waals surface area contributed by atoms with Crippen LogP contribution in [0.15, 0.2) is 40.9 Å². The summed E-state index contributed by atoms with van der Waals surface area (Å²) in [5, 5.41) is 2.76. The molecule has 106 valence electrons. The minimum absolute atomic E-state index is 0.201. The molecule has 6 nitrogen and oxygen atoms in total. The van der Waals surface area contributed by atoms with Crippen LogP contribution in [0.5, 0.6) is 0 Å². The molecule has 6 heteroatoms. The molecule has 0 aliphatic rings. The number of aromatic nitrogens is 2. The van der Waals surface area contributed by atoms with Gasteiger partial charge in [0.1, 0.15) is 5.52 Å². The van der Waals surface area contributed by atoms with E-state index in [0.717, 1.165) is 6.42 Å². The quantitative estimate of drug-likeness (QED) is 0.770. The molecule has 21 heavy (non-hydrogen) atoms. The lowest BCUT2D eigenvalue weighted by molar-refractivity contribution is 0.102. The zero-order chi connectivity index (χ0) is 14.8. The first kappa shape index (κ1) is 13.1. The van der Waals surface area contributed by atoms with Crippen LogP contribution >= 0.6 is 0 Å². The number of nitrogens with two attached hydrogens (primary N) is 1. The van der Waals surface area contributed by atoms with Gasteiger partial charge in [0, 0.05) is 18.3 Å². The molecular weight excluding hydrogens is 268 g/mol. The van der Waals surface area contributed by atoms with Gasteiger partial charge >= 0.3 is 0 Å². The summed E-state index contributed by atoms with van der Waals surface area (Å²) in [5.74, 6) is 0.314. The Labute approximate surface area is 121 Å². The van der Waals surface area contributed by atoms with E-state index in [1.54, 1.807) is 30.3 Å². The van der Waals surface area contributed by atoms with Crippen molar-refractivity contribution < 1.29 is 9.21 Å². The predicted octanol–water partition coefficient (Wildman–Crippen LogP) is 2.62. The fraction of sp³-hybridized carbons (Fsp3) is 0.133. The van der Waals surface area contributed by atoms with Crippen molar-refractivity contribution in [1.82, 2.24) is 9.97 Å². The number of carbonyl (C=O) groups is 1. The normalized spacial score (nSPS) is 10.7. The Kier molecular flexibility index (Phi) is 3.27. The molecule has 0 saturated heterocycles. The van der Waals surface area contributed by atoms with E-state index in [4.69, 9.17) is 10.2 Å². The summed E-state index contributed by atoms with van der Waals surface area (Å²) in [6.45, 7) is 1.97. The van der Waals surface area contributed by atoms with Gasteiger partial charge in [0.05, 0.1) is 5.69 Å². The maximum atomic E-state index is 12.1. The second kappa shape index (κ2) is 5.24. The summed E-state index contributed by atoms with van der Waals surface area (Å²) in [4.78, 5) is 20.4. The Morgan fingerprint density at radius 3 is 3.00 bits per heavy atom. The number of oxazole rings is 1. The van der Waals surface area contributed by atoms with E-state index in [9.17, 15) is 4.79 Å². The molecule has 0 atom stereocenters. The van der Waals surface area contributed by atoms with Crippen LogP contribution in [-0.4, -0.2) is 15.9 Å². The lowest BCUT2D eigenvalue weighted by atomic mass is 10.2. The summed E-state index contributed by atoms with van der Waals surface area (Å²) in [6, 6.07) is 8.61. The van der Waals surface area contributed by atoms with Gasteiger partial charge in [-0.2, -0.15) is 0 Å². The number of fused-ring (bicyclic) bond motifs is 1. The summed E-state index contributed by atoms with van der Waals surface area (Å²) >= 11 is 0. The Morgan fingerprint density at radius 2 is 2.24 bits per heavy atom. The summed E-state index contributed by atoms with van der Waals surface area (Å²) in [7, 11) is 0. The Hall–Kier alpha value is -2.89. The van der Waals surface area contributed by atoms with Crippen molar-refractivity contribution in [3.8, 4) is 0 Å². The highest BCUT2D eigenvalue weighted by molar-refractivity contribution is 6.06. The smallest absolute Gasteiger partial charge is 0.276 e. The number of anilines is 2. The van der Waals surface area contributed by atoms with E-state index in [1.165, 1.54) is 6.20 Å². The van der Waals surface area contributed by atoms with Crippen LogP contribution in [-0.2, 0) is 6.42 Å². The van der Waals surface area contributed by atoms with Crippen LogP contribution in [0.4, 0.5) is 11.4 Å². The standard InChI is InChI=1S/C15H14N4O2/c1-2-13-19-11-8-9(5-6-12(11)21-13)18-15(20)14-10(16)4-3-7-17-14/h3-8H,2,16H2,1H3,(H,18,20). The lowest BCUT2D eigenvalue weighted by Crippen LogP contribution is -2.15. The molecular formula is C15H14N4O2. The number of pyridine rings is 1.